The molecular formula is C18H13Cl3N2O4S. The second-order valence-electron chi connectivity index (χ2n) is 5.83. The smallest absolute Gasteiger partial charge is 0.338 e. The number of fused-ring (bicyclic) bond motifs is 1. The predicted molar refractivity (Wildman–Crippen MR) is 111 cm³/mol. The number of carbonyl (C=O) groups excluding carboxylic acids is 3. The number of nitrogens with one attached hydrogen (secondary N) is 2. The van der Waals surface area contributed by atoms with Crippen LogP contribution < -0.4 is 10.6 Å². The van der Waals surface area contributed by atoms with Crippen molar-refractivity contribution in [2.24, 2.45) is 0 Å². The van der Waals surface area contributed by atoms with Gasteiger partial charge in [0.2, 0.25) is 5.91 Å². The zero-order valence-electron chi connectivity index (χ0n) is 14.3. The van der Waals surface area contributed by atoms with Crippen LogP contribution in [0, 0.1) is 0 Å². The third-order valence-electron chi connectivity index (χ3n) is 3.76. The summed E-state index contributed by atoms with van der Waals surface area (Å²) in [6.07, 6.45) is -1.12. The van der Waals surface area contributed by atoms with Crippen molar-refractivity contribution >= 4 is 75.7 Å². The minimum atomic E-state index is -1.12. The highest BCUT2D eigenvalue weighted by Crippen LogP contribution is 2.34. The van der Waals surface area contributed by atoms with Gasteiger partial charge in [-0.25, -0.2) is 4.79 Å². The van der Waals surface area contributed by atoms with Crippen LogP contribution in [0.5, 0.6) is 0 Å². The number of amides is 2. The Morgan fingerprint density at radius 2 is 1.86 bits per heavy atom. The first-order valence-electron chi connectivity index (χ1n) is 7.97. The average molecular weight is 460 g/mol. The standard InChI is InChI=1S/C18H13Cl3N2O4S/c1-8(17(25)23-16-11(20)5-10(19)6-12(16)21)27-18(26)9-2-3-14-13(4-9)22-15(24)7-28-14/h2-6,8H,7H2,1H3,(H,22,24)(H,23,25). The predicted octanol–water partition coefficient (Wildman–Crippen LogP) is 4.88. The Kier molecular flexibility index (Phi) is 6.40. The lowest BCUT2D eigenvalue weighted by Crippen LogP contribution is -2.30. The lowest BCUT2D eigenvalue weighted by Gasteiger charge is -2.18. The molecule has 2 aromatic rings. The molecule has 0 saturated carbocycles. The van der Waals surface area contributed by atoms with Crippen molar-refractivity contribution in [2.45, 2.75) is 17.9 Å². The molecule has 1 unspecified atom stereocenters. The highest BCUT2D eigenvalue weighted by Gasteiger charge is 2.23. The van der Waals surface area contributed by atoms with Gasteiger partial charge in [0, 0.05) is 9.92 Å². The first-order chi connectivity index (χ1) is 13.2. The molecule has 1 aliphatic rings. The van der Waals surface area contributed by atoms with Gasteiger partial charge in [0.05, 0.1) is 32.7 Å². The number of rotatable bonds is 4. The Bertz CT molecular complexity index is 960. The Morgan fingerprint density at radius 1 is 1.18 bits per heavy atom. The fourth-order valence-electron chi connectivity index (χ4n) is 2.38. The van der Waals surface area contributed by atoms with Crippen molar-refractivity contribution in [3.63, 3.8) is 0 Å². The van der Waals surface area contributed by atoms with E-state index in [4.69, 9.17) is 39.5 Å². The number of ether oxygens (including phenoxy) is 1. The van der Waals surface area contributed by atoms with E-state index in [1.807, 2.05) is 0 Å². The summed E-state index contributed by atoms with van der Waals surface area (Å²) in [5.74, 6) is -1.14. The summed E-state index contributed by atoms with van der Waals surface area (Å²) in [7, 11) is 0. The van der Waals surface area contributed by atoms with Crippen LogP contribution in [0.4, 0.5) is 11.4 Å². The van der Waals surface area contributed by atoms with Gasteiger partial charge in [-0.05, 0) is 37.3 Å². The van der Waals surface area contributed by atoms with Gasteiger partial charge in [-0.1, -0.05) is 34.8 Å². The van der Waals surface area contributed by atoms with E-state index in [1.165, 1.54) is 36.9 Å². The molecule has 2 amide bonds. The van der Waals surface area contributed by atoms with Gasteiger partial charge in [-0.15, -0.1) is 11.8 Å². The minimum absolute atomic E-state index is 0.146. The summed E-state index contributed by atoms with van der Waals surface area (Å²) in [6, 6.07) is 7.66. The molecule has 10 heteroatoms. The van der Waals surface area contributed by atoms with Crippen molar-refractivity contribution < 1.29 is 19.1 Å². The van der Waals surface area contributed by atoms with E-state index in [1.54, 1.807) is 12.1 Å². The second kappa shape index (κ2) is 8.61. The molecule has 0 aliphatic carbocycles. The van der Waals surface area contributed by atoms with Crippen LogP contribution in [0.1, 0.15) is 17.3 Å². The van der Waals surface area contributed by atoms with Crippen molar-refractivity contribution in [3.8, 4) is 0 Å². The highest BCUT2D eigenvalue weighted by atomic mass is 35.5. The molecule has 1 atom stereocenters. The van der Waals surface area contributed by atoms with Crippen LogP contribution in [0.3, 0.4) is 0 Å². The maximum atomic E-state index is 12.4. The van der Waals surface area contributed by atoms with Gasteiger partial charge in [0.1, 0.15) is 0 Å². The third kappa shape index (κ3) is 4.72. The van der Waals surface area contributed by atoms with E-state index in [0.29, 0.717) is 16.5 Å². The molecule has 0 spiro atoms. The summed E-state index contributed by atoms with van der Waals surface area (Å²) >= 11 is 19.3. The normalized spacial score (nSPS) is 13.9. The monoisotopic (exact) mass is 458 g/mol. The number of hydrogen-bond acceptors (Lipinski definition) is 5. The number of thioether (sulfide) groups is 1. The molecule has 0 saturated heterocycles. The average Bonchev–Trinajstić information content (AvgIpc) is 2.63. The highest BCUT2D eigenvalue weighted by molar-refractivity contribution is 8.00. The molecule has 6 nitrogen and oxygen atoms in total. The van der Waals surface area contributed by atoms with Crippen molar-refractivity contribution in [3.05, 3.63) is 51.0 Å². The zero-order chi connectivity index (χ0) is 20.4. The quantitative estimate of drug-likeness (QED) is 0.637. The maximum Gasteiger partial charge on any atom is 0.338 e. The lowest BCUT2D eigenvalue weighted by molar-refractivity contribution is -0.123. The summed E-state index contributed by atoms with van der Waals surface area (Å²) in [5.41, 5.74) is 0.922. The van der Waals surface area contributed by atoms with E-state index in [9.17, 15) is 14.4 Å². The first-order valence-corrected chi connectivity index (χ1v) is 10.1. The van der Waals surface area contributed by atoms with Crippen LogP contribution in [-0.2, 0) is 14.3 Å². The Hall–Kier alpha value is -1.93. The van der Waals surface area contributed by atoms with Gasteiger partial charge in [0.25, 0.3) is 5.91 Å². The van der Waals surface area contributed by atoms with E-state index >= 15 is 0 Å². The number of benzene rings is 2. The van der Waals surface area contributed by atoms with Gasteiger partial charge >= 0.3 is 5.97 Å². The minimum Gasteiger partial charge on any atom is -0.449 e. The second-order valence-corrected chi connectivity index (χ2v) is 8.10. The van der Waals surface area contributed by atoms with Crippen molar-refractivity contribution in [1.29, 1.82) is 0 Å². The van der Waals surface area contributed by atoms with Gasteiger partial charge in [0.15, 0.2) is 6.10 Å². The largest absolute Gasteiger partial charge is 0.449 e. The molecular weight excluding hydrogens is 447 g/mol. The summed E-state index contributed by atoms with van der Waals surface area (Å²) < 4.78 is 5.21. The first kappa shape index (κ1) is 20.8. The number of anilines is 2. The summed E-state index contributed by atoms with van der Waals surface area (Å²) in [6.45, 7) is 1.42. The van der Waals surface area contributed by atoms with Gasteiger partial charge < -0.3 is 15.4 Å². The fraction of sp³-hybridized carbons (Fsp3) is 0.167. The van der Waals surface area contributed by atoms with Gasteiger partial charge in [-0.2, -0.15) is 0 Å². The van der Waals surface area contributed by atoms with E-state index in [0.717, 1.165) is 4.90 Å². The van der Waals surface area contributed by atoms with Gasteiger partial charge in [-0.3, -0.25) is 9.59 Å². The fourth-order valence-corrected chi connectivity index (χ4v) is 4.08. The van der Waals surface area contributed by atoms with E-state index in [-0.39, 0.29) is 27.2 Å². The Morgan fingerprint density at radius 3 is 2.54 bits per heavy atom. The van der Waals surface area contributed by atoms with Crippen molar-refractivity contribution in [1.82, 2.24) is 0 Å². The van der Waals surface area contributed by atoms with E-state index in [2.05, 4.69) is 10.6 Å². The van der Waals surface area contributed by atoms with Crippen LogP contribution >= 0.6 is 46.6 Å². The molecule has 2 N–H and O–H groups in total. The third-order valence-corrected chi connectivity index (χ3v) is 5.64. The molecule has 0 radical (unpaired) electrons. The molecule has 2 aromatic carbocycles. The molecule has 28 heavy (non-hydrogen) atoms. The Labute approximate surface area is 179 Å². The lowest BCUT2D eigenvalue weighted by atomic mass is 10.2. The molecule has 3 rings (SSSR count). The van der Waals surface area contributed by atoms with E-state index < -0.39 is 18.0 Å². The topological polar surface area (TPSA) is 84.5 Å². The SMILES string of the molecule is CC(OC(=O)c1ccc2c(c1)NC(=O)CS2)C(=O)Nc1c(Cl)cc(Cl)cc1Cl. The molecule has 146 valence electrons. The van der Waals surface area contributed by atoms with Crippen molar-refractivity contribution in [2.75, 3.05) is 16.4 Å². The number of esters is 1. The molecule has 0 fully saturated rings. The number of hydrogen-bond donors (Lipinski definition) is 2. The number of carbonyl (C=O) groups is 3. The summed E-state index contributed by atoms with van der Waals surface area (Å²) in [5, 5.41) is 5.86. The molecule has 1 heterocycles. The molecule has 0 bridgehead atoms. The van der Waals surface area contributed by atoms with Crippen LogP contribution in [0.15, 0.2) is 35.2 Å². The van der Waals surface area contributed by atoms with Crippen LogP contribution in [0.25, 0.3) is 0 Å². The van der Waals surface area contributed by atoms with Crippen LogP contribution in [-0.4, -0.2) is 29.6 Å². The zero-order valence-corrected chi connectivity index (χ0v) is 17.4. The van der Waals surface area contributed by atoms with Crippen LogP contribution in [0.2, 0.25) is 15.1 Å². The summed E-state index contributed by atoms with van der Waals surface area (Å²) in [4.78, 5) is 37.1. The number of halogens is 3. The maximum absolute atomic E-state index is 12.4. The molecule has 1 aliphatic heterocycles. The molecule has 0 aromatic heterocycles. The Balaban J connectivity index is 1.68.